The monoisotopic (exact) mass is 428 g/mol. The van der Waals surface area contributed by atoms with Gasteiger partial charge in [-0.3, -0.25) is 14.5 Å². The highest BCUT2D eigenvalue weighted by Gasteiger charge is 2.52. The Morgan fingerprint density at radius 1 is 1.10 bits per heavy atom. The van der Waals surface area contributed by atoms with Crippen LogP contribution in [0.1, 0.15) is 49.7 Å². The van der Waals surface area contributed by atoms with Crippen LogP contribution in [0.25, 0.3) is 0 Å². The number of halogens is 2. The maximum atomic E-state index is 14.1. The summed E-state index contributed by atoms with van der Waals surface area (Å²) in [6.45, 7) is 0. The fraction of sp³-hybridized carbons (Fsp3) is 0.417. The van der Waals surface area contributed by atoms with Gasteiger partial charge in [-0.15, -0.1) is 11.6 Å². The highest BCUT2D eigenvalue weighted by atomic mass is 35.5. The molecule has 1 atom stereocenters. The number of alkyl halides is 1. The molecule has 4 nitrogen and oxygen atoms in total. The van der Waals surface area contributed by atoms with Gasteiger partial charge < -0.3 is 5.32 Å². The summed E-state index contributed by atoms with van der Waals surface area (Å²) in [6, 6.07) is 13.6. The number of benzene rings is 2. The second-order valence-electron chi connectivity index (χ2n) is 8.17. The third-order valence-electron chi connectivity index (χ3n) is 6.35. The first-order valence-electron chi connectivity index (χ1n) is 10.6. The van der Waals surface area contributed by atoms with Gasteiger partial charge in [0.05, 0.1) is 0 Å². The molecule has 2 amide bonds. The Hall–Kier alpha value is -2.40. The van der Waals surface area contributed by atoms with Gasteiger partial charge in [-0.05, 0) is 55.0 Å². The number of nitrogens with one attached hydrogen (secondary N) is 1. The summed E-state index contributed by atoms with van der Waals surface area (Å²) in [5, 5.41) is 3.22. The van der Waals surface area contributed by atoms with Crippen LogP contribution in [0, 0.1) is 5.82 Å². The van der Waals surface area contributed by atoms with Crippen LogP contribution in [-0.2, 0) is 21.5 Å². The lowest BCUT2D eigenvalue weighted by Gasteiger charge is -2.41. The first-order valence-corrected chi connectivity index (χ1v) is 11.1. The van der Waals surface area contributed by atoms with E-state index in [1.54, 1.807) is 12.1 Å². The number of amides is 2. The standard InChI is InChI=1S/C24H26ClFN2O2/c25-16-22(29)28(20-11-6-8-18(26)15-20)24(14-13-17-7-4-5-12-21(17)24)23(30)27-19-9-2-1-3-10-19/h4-8,11-12,15,19H,1-3,9-10,13-14,16H2,(H,27,30). The van der Waals surface area contributed by atoms with Gasteiger partial charge in [-0.2, -0.15) is 0 Å². The van der Waals surface area contributed by atoms with Gasteiger partial charge in [0.15, 0.2) is 5.54 Å². The number of hydrogen-bond acceptors (Lipinski definition) is 2. The van der Waals surface area contributed by atoms with Crippen molar-refractivity contribution in [2.45, 2.75) is 56.5 Å². The Kier molecular flexibility index (Phi) is 6.09. The predicted molar refractivity (Wildman–Crippen MR) is 116 cm³/mol. The number of carbonyl (C=O) groups excluding carboxylic acids is 2. The summed E-state index contributed by atoms with van der Waals surface area (Å²) in [5.41, 5.74) is 0.922. The molecule has 2 aromatic rings. The van der Waals surface area contributed by atoms with Crippen LogP contribution in [0.4, 0.5) is 10.1 Å². The molecule has 1 unspecified atom stereocenters. The topological polar surface area (TPSA) is 49.4 Å². The lowest BCUT2D eigenvalue weighted by Crippen LogP contribution is -2.59. The molecule has 0 saturated heterocycles. The summed E-state index contributed by atoms with van der Waals surface area (Å²) in [7, 11) is 0. The van der Waals surface area contributed by atoms with Gasteiger partial charge in [0.2, 0.25) is 5.91 Å². The van der Waals surface area contributed by atoms with Crippen LogP contribution in [0.2, 0.25) is 0 Å². The van der Waals surface area contributed by atoms with E-state index in [0.29, 0.717) is 18.5 Å². The van der Waals surface area contributed by atoms with E-state index >= 15 is 0 Å². The molecule has 0 aromatic heterocycles. The molecule has 1 fully saturated rings. The molecular weight excluding hydrogens is 403 g/mol. The van der Waals surface area contributed by atoms with Crippen molar-refractivity contribution in [3.63, 3.8) is 0 Å². The molecule has 30 heavy (non-hydrogen) atoms. The number of carbonyl (C=O) groups is 2. The van der Waals surface area contributed by atoms with E-state index in [2.05, 4.69) is 5.32 Å². The number of fused-ring (bicyclic) bond motifs is 1. The zero-order chi connectivity index (χ0) is 21.1. The number of nitrogens with zero attached hydrogens (tertiary/aromatic N) is 1. The molecule has 2 aliphatic rings. The largest absolute Gasteiger partial charge is 0.351 e. The first kappa shape index (κ1) is 20.9. The highest BCUT2D eigenvalue weighted by molar-refractivity contribution is 6.30. The predicted octanol–water partition coefficient (Wildman–Crippen LogP) is 4.69. The van der Waals surface area contributed by atoms with Crippen LogP contribution in [-0.4, -0.2) is 23.7 Å². The normalized spacial score (nSPS) is 21.1. The van der Waals surface area contributed by atoms with Crippen LogP contribution in [0.15, 0.2) is 48.5 Å². The van der Waals surface area contributed by atoms with E-state index in [9.17, 15) is 14.0 Å². The molecule has 0 bridgehead atoms. The van der Waals surface area contributed by atoms with Gasteiger partial charge in [0.1, 0.15) is 11.7 Å². The average Bonchev–Trinajstić information content (AvgIpc) is 3.15. The van der Waals surface area contributed by atoms with E-state index in [1.165, 1.54) is 23.5 Å². The minimum atomic E-state index is -1.24. The van der Waals surface area contributed by atoms with E-state index in [1.807, 2.05) is 24.3 Å². The fourth-order valence-corrected chi connectivity index (χ4v) is 5.09. The van der Waals surface area contributed by atoms with Crippen molar-refractivity contribution in [1.29, 1.82) is 0 Å². The van der Waals surface area contributed by atoms with Crippen LogP contribution < -0.4 is 10.2 Å². The molecule has 0 heterocycles. The summed E-state index contributed by atoms with van der Waals surface area (Å²) in [5.74, 6) is -1.38. The SMILES string of the molecule is O=C(CCl)N(c1cccc(F)c1)C1(C(=O)NC2CCCCC2)CCc2ccccc21. The molecule has 2 aliphatic carbocycles. The Bertz CT molecular complexity index is 944. The number of anilines is 1. The lowest BCUT2D eigenvalue weighted by atomic mass is 9.86. The van der Waals surface area contributed by atoms with Crippen LogP contribution in [0.3, 0.4) is 0 Å². The van der Waals surface area contributed by atoms with E-state index < -0.39 is 17.3 Å². The maximum Gasteiger partial charge on any atom is 0.251 e. The number of rotatable bonds is 5. The van der Waals surface area contributed by atoms with Crippen molar-refractivity contribution < 1.29 is 14.0 Å². The minimum Gasteiger partial charge on any atom is -0.351 e. The Morgan fingerprint density at radius 2 is 1.87 bits per heavy atom. The summed E-state index contributed by atoms with van der Waals surface area (Å²) >= 11 is 5.98. The van der Waals surface area contributed by atoms with E-state index in [0.717, 1.165) is 36.8 Å². The van der Waals surface area contributed by atoms with Crippen molar-refractivity contribution in [2.24, 2.45) is 0 Å². The zero-order valence-electron chi connectivity index (χ0n) is 16.9. The molecule has 158 valence electrons. The first-order chi connectivity index (χ1) is 14.6. The van der Waals surface area contributed by atoms with Gasteiger partial charge in [-0.25, -0.2) is 4.39 Å². The summed E-state index contributed by atoms with van der Waals surface area (Å²) in [6.07, 6.45) is 6.32. The fourth-order valence-electron chi connectivity index (χ4n) is 4.97. The van der Waals surface area contributed by atoms with Crippen LogP contribution in [0.5, 0.6) is 0 Å². The van der Waals surface area contributed by atoms with Crippen molar-refractivity contribution in [1.82, 2.24) is 5.32 Å². The summed E-state index contributed by atoms with van der Waals surface area (Å²) < 4.78 is 14.1. The molecule has 2 aromatic carbocycles. The minimum absolute atomic E-state index is 0.0938. The molecule has 1 N–H and O–H groups in total. The van der Waals surface area contributed by atoms with Crippen LogP contribution >= 0.6 is 11.6 Å². The quantitative estimate of drug-likeness (QED) is 0.702. The van der Waals surface area contributed by atoms with Crippen molar-refractivity contribution in [3.8, 4) is 0 Å². The van der Waals surface area contributed by atoms with E-state index in [4.69, 9.17) is 11.6 Å². The third kappa shape index (κ3) is 3.71. The highest BCUT2D eigenvalue weighted by Crippen LogP contribution is 2.45. The van der Waals surface area contributed by atoms with E-state index in [-0.39, 0.29) is 17.8 Å². The number of aryl methyl sites for hydroxylation is 1. The number of hydrogen-bond donors (Lipinski definition) is 1. The molecule has 0 aliphatic heterocycles. The average molecular weight is 429 g/mol. The Labute approximate surface area is 181 Å². The van der Waals surface area contributed by atoms with Gasteiger partial charge in [0, 0.05) is 11.7 Å². The van der Waals surface area contributed by atoms with Crippen molar-refractivity contribution in [3.05, 3.63) is 65.5 Å². The van der Waals surface area contributed by atoms with Crippen molar-refractivity contribution >= 4 is 29.1 Å². The Balaban J connectivity index is 1.83. The van der Waals surface area contributed by atoms with Gasteiger partial charge >= 0.3 is 0 Å². The van der Waals surface area contributed by atoms with Gasteiger partial charge in [0.25, 0.3) is 5.91 Å². The zero-order valence-corrected chi connectivity index (χ0v) is 17.6. The molecule has 0 spiro atoms. The third-order valence-corrected chi connectivity index (χ3v) is 6.58. The molecule has 1 saturated carbocycles. The van der Waals surface area contributed by atoms with Gasteiger partial charge in [-0.1, -0.05) is 49.6 Å². The van der Waals surface area contributed by atoms with Crippen molar-refractivity contribution in [2.75, 3.05) is 10.8 Å². The molecule has 6 heteroatoms. The maximum absolute atomic E-state index is 14.1. The molecule has 0 radical (unpaired) electrons. The lowest BCUT2D eigenvalue weighted by molar-refractivity contribution is -0.131. The summed E-state index contributed by atoms with van der Waals surface area (Å²) in [4.78, 5) is 28.4. The smallest absolute Gasteiger partial charge is 0.251 e. The molecule has 4 rings (SSSR count). The molecular formula is C24H26ClFN2O2. The second kappa shape index (κ2) is 8.76. The Morgan fingerprint density at radius 3 is 2.60 bits per heavy atom. The second-order valence-corrected chi connectivity index (χ2v) is 8.44.